The standard InChI is InChI=1S/C11H11F3N2O/c1-4-7(2)17-10-6-8(11(12,13)14)5-9(15-3)16-10/h1,5-7H,2-3H3,(H,15,16). The zero-order valence-corrected chi connectivity index (χ0v) is 9.30. The average Bonchev–Trinajstić information content (AvgIpc) is 2.27. The van der Waals surface area contributed by atoms with E-state index in [1.165, 1.54) is 7.05 Å². The van der Waals surface area contributed by atoms with Gasteiger partial charge in [0.05, 0.1) is 5.56 Å². The fourth-order valence-corrected chi connectivity index (χ4v) is 1.07. The van der Waals surface area contributed by atoms with E-state index < -0.39 is 17.8 Å². The number of nitrogens with zero attached hydrogens (tertiary/aromatic N) is 1. The quantitative estimate of drug-likeness (QED) is 0.830. The molecule has 0 aliphatic carbocycles. The topological polar surface area (TPSA) is 34.1 Å². The molecule has 0 saturated carbocycles. The van der Waals surface area contributed by atoms with Crippen LogP contribution in [0.5, 0.6) is 5.88 Å². The molecule has 1 unspecified atom stereocenters. The van der Waals surface area contributed by atoms with Gasteiger partial charge in [0.1, 0.15) is 5.82 Å². The van der Waals surface area contributed by atoms with Gasteiger partial charge in [-0.25, -0.2) is 0 Å². The van der Waals surface area contributed by atoms with Crippen molar-refractivity contribution in [3.8, 4) is 18.2 Å². The molecule has 92 valence electrons. The number of hydrogen-bond donors (Lipinski definition) is 1. The summed E-state index contributed by atoms with van der Waals surface area (Å²) in [5.74, 6) is 2.16. The van der Waals surface area contributed by atoms with E-state index in [1.807, 2.05) is 0 Å². The van der Waals surface area contributed by atoms with Crippen LogP contribution in [-0.4, -0.2) is 18.1 Å². The summed E-state index contributed by atoms with van der Waals surface area (Å²) in [5, 5.41) is 2.53. The average molecular weight is 244 g/mol. The highest BCUT2D eigenvalue weighted by Gasteiger charge is 2.32. The summed E-state index contributed by atoms with van der Waals surface area (Å²) < 4.78 is 42.7. The van der Waals surface area contributed by atoms with E-state index in [4.69, 9.17) is 11.2 Å². The Kier molecular flexibility index (Phi) is 3.84. The number of aromatic nitrogens is 1. The summed E-state index contributed by atoms with van der Waals surface area (Å²) in [5.41, 5.74) is -0.837. The van der Waals surface area contributed by atoms with Crippen molar-refractivity contribution in [1.82, 2.24) is 4.98 Å². The Morgan fingerprint density at radius 2 is 2.12 bits per heavy atom. The van der Waals surface area contributed by atoms with E-state index >= 15 is 0 Å². The smallest absolute Gasteiger partial charge is 0.416 e. The maximum Gasteiger partial charge on any atom is 0.416 e. The van der Waals surface area contributed by atoms with Gasteiger partial charge in [0.15, 0.2) is 6.10 Å². The Balaban J connectivity index is 3.11. The van der Waals surface area contributed by atoms with E-state index in [0.717, 1.165) is 12.1 Å². The Hall–Kier alpha value is -1.90. The van der Waals surface area contributed by atoms with Crippen LogP contribution in [0.15, 0.2) is 12.1 Å². The van der Waals surface area contributed by atoms with Gasteiger partial charge >= 0.3 is 6.18 Å². The van der Waals surface area contributed by atoms with E-state index in [-0.39, 0.29) is 11.7 Å². The van der Waals surface area contributed by atoms with Gasteiger partial charge in [-0.3, -0.25) is 0 Å². The summed E-state index contributed by atoms with van der Waals surface area (Å²) in [6, 6.07) is 1.71. The molecule has 0 aliphatic rings. The Morgan fingerprint density at radius 1 is 1.47 bits per heavy atom. The van der Waals surface area contributed by atoms with Crippen LogP contribution in [0.3, 0.4) is 0 Å². The Morgan fingerprint density at radius 3 is 2.59 bits per heavy atom. The van der Waals surface area contributed by atoms with Crippen LogP contribution in [0, 0.1) is 12.3 Å². The van der Waals surface area contributed by atoms with Crippen molar-refractivity contribution in [2.45, 2.75) is 19.2 Å². The number of pyridine rings is 1. The number of nitrogens with one attached hydrogen (secondary N) is 1. The molecule has 0 amide bonds. The van der Waals surface area contributed by atoms with Crippen LogP contribution in [0.25, 0.3) is 0 Å². The van der Waals surface area contributed by atoms with Gasteiger partial charge in [-0.05, 0) is 13.0 Å². The van der Waals surface area contributed by atoms with Crippen molar-refractivity contribution in [3.05, 3.63) is 17.7 Å². The van der Waals surface area contributed by atoms with E-state index in [1.54, 1.807) is 6.92 Å². The highest BCUT2D eigenvalue weighted by molar-refractivity contribution is 5.42. The molecule has 0 fully saturated rings. The molecule has 1 aromatic heterocycles. The van der Waals surface area contributed by atoms with Crippen molar-refractivity contribution < 1.29 is 17.9 Å². The van der Waals surface area contributed by atoms with Gasteiger partial charge in [0.25, 0.3) is 0 Å². The lowest BCUT2D eigenvalue weighted by atomic mass is 10.2. The predicted octanol–water partition coefficient (Wildman–Crippen LogP) is 2.54. The summed E-state index contributed by atoms with van der Waals surface area (Å²) in [6.45, 7) is 1.54. The van der Waals surface area contributed by atoms with Gasteiger partial charge in [0.2, 0.25) is 5.88 Å². The first-order chi connectivity index (χ1) is 7.86. The predicted molar refractivity (Wildman–Crippen MR) is 57.7 cm³/mol. The van der Waals surface area contributed by atoms with Crippen LogP contribution in [0.4, 0.5) is 19.0 Å². The number of alkyl halides is 3. The van der Waals surface area contributed by atoms with E-state index in [9.17, 15) is 13.2 Å². The van der Waals surface area contributed by atoms with Crippen LogP contribution >= 0.6 is 0 Å². The highest BCUT2D eigenvalue weighted by atomic mass is 19.4. The lowest BCUT2D eigenvalue weighted by Gasteiger charge is -2.13. The maximum atomic E-state index is 12.6. The molecular weight excluding hydrogens is 233 g/mol. The number of halogens is 3. The van der Waals surface area contributed by atoms with Crippen molar-refractivity contribution in [3.63, 3.8) is 0 Å². The van der Waals surface area contributed by atoms with Gasteiger partial charge in [0, 0.05) is 13.1 Å². The normalized spacial score (nSPS) is 12.7. The first-order valence-electron chi connectivity index (χ1n) is 4.76. The van der Waals surface area contributed by atoms with Gasteiger partial charge in [-0.15, -0.1) is 6.42 Å². The highest BCUT2D eigenvalue weighted by Crippen LogP contribution is 2.32. The number of hydrogen-bond acceptors (Lipinski definition) is 3. The largest absolute Gasteiger partial charge is 0.461 e. The third kappa shape index (κ3) is 3.55. The van der Waals surface area contributed by atoms with Crippen LogP contribution in [0.1, 0.15) is 12.5 Å². The van der Waals surface area contributed by atoms with Crippen LogP contribution < -0.4 is 10.1 Å². The zero-order valence-electron chi connectivity index (χ0n) is 9.30. The Labute approximate surface area is 97.0 Å². The molecule has 17 heavy (non-hydrogen) atoms. The zero-order chi connectivity index (χ0) is 13.1. The summed E-state index contributed by atoms with van der Waals surface area (Å²) in [7, 11) is 1.47. The fraction of sp³-hybridized carbons (Fsp3) is 0.364. The second kappa shape index (κ2) is 4.95. The third-order valence-electron chi connectivity index (χ3n) is 1.92. The molecular formula is C11H11F3N2O. The number of anilines is 1. The second-order valence-electron chi connectivity index (χ2n) is 3.25. The molecule has 1 rings (SSSR count). The minimum Gasteiger partial charge on any atom is -0.461 e. The molecule has 0 aliphatic heterocycles. The summed E-state index contributed by atoms with van der Waals surface area (Å²) >= 11 is 0. The number of terminal acetylenes is 1. The molecule has 6 heteroatoms. The minimum atomic E-state index is -4.45. The van der Waals surface area contributed by atoms with Crippen LogP contribution in [-0.2, 0) is 6.18 Å². The minimum absolute atomic E-state index is 0.0686. The lowest BCUT2D eigenvalue weighted by molar-refractivity contribution is -0.137. The lowest BCUT2D eigenvalue weighted by Crippen LogP contribution is -2.12. The SMILES string of the molecule is C#CC(C)Oc1cc(C(F)(F)F)cc(NC)n1. The first kappa shape index (κ1) is 13.2. The van der Waals surface area contributed by atoms with Crippen molar-refractivity contribution in [2.24, 2.45) is 0 Å². The molecule has 0 aromatic carbocycles. The van der Waals surface area contributed by atoms with Gasteiger partial charge in [-0.2, -0.15) is 18.2 Å². The van der Waals surface area contributed by atoms with Crippen LogP contribution in [0.2, 0.25) is 0 Å². The third-order valence-corrected chi connectivity index (χ3v) is 1.92. The van der Waals surface area contributed by atoms with E-state index in [0.29, 0.717) is 0 Å². The maximum absolute atomic E-state index is 12.6. The summed E-state index contributed by atoms with van der Waals surface area (Å²) in [4.78, 5) is 3.82. The molecule has 1 heterocycles. The molecule has 0 saturated heterocycles. The van der Waals surface area contributed by atoms with Crippen molar-refractivity contribution >= 4 is 5.82 Å². The van der Waals surface area contributed by atoms with Gasteiger partial charge < -0.3 is 10.1 Å². The van der Waals surface area contributed by atoms with Crippen molar-refractivity contribution in [2.75, 3.05) is 12.4 Å². The number of ether oxygens (including phenoxy) is 1. The molecule has 0 bridgehead atoms. The van der Waals surface area contributed by atoms with Crippen molar-refractivity contribution in [1.29, 1.82) is 0 Å². The molecule has 3 nitrogen and oxygen atoms in total. The molecule has 1 N–H and O–H groups in total. The number of rotatable bonds is 3. The molecule has 0 radical (unpaired) electrons. The first-order valence-corrected chi connectivity index (χ1v) is 4.76. The monoisotopic (exact) mass is 244 g/mol. The molecule has 0 spiro atoms. The second-order valence-corrected chi connectivity index (χ2v) is 3.25. The summed E-state index contributed by atoms with van der Waals surface area (Å²) in [6.07, 6.45) is -0.0216. The van der Waals surface area contributed by atoms with Gasteiger partial charge in [-0.1, -0.05) is 5.92 Å². The van der Waals surface area contributed by atoms with E-state index in [2.05, 4.69) is 16.2 Å². The fourth-order valence-electron chi connectivity index (χ4n) is 1.07. The molecule has 1 atom stereocenters. The molecule has 1 aromatic rings. The Bertz CT molecular complexity index is 437.